The second-order valence-electron chi connectivity index (χ2n) is 5.71. The quantitative estimate of drug-likeness (QED) is 0.865. The van der Waals surface area contributed by atoms with E-state index < -0.39 is 5.60 Å². The van der Waals surface area contributed by atoms with Crippen LogP contribution in [0.4, 0.5) is 0 Å². The summed E-state index contributed by atoms with van der Waals surface area (Å²) in [4.78, 5) is 0. The van der Waals surface area contributed by atoms with Gasteiger partial charge in [-0.1, -0.05) is 23.7 Å². The lowest BCUT2D eigenvalue weighted by Crippen LogP contribution is -2.39. The highest BCUT2D eigenvalue weighted by atomic mass is 35.5. The van der Waals surface area contributed by atoms with Gasteiger partial charge in [0.25, 0.3) is 0 Å². The Labute approximate surface area is 109 Å². The summed E-state index contributed by atoms with van der Waals surface area (Å²) in [5, 5.41) is 14.4. The fourth-order valence-electron chi connectivity index (χ4n) is 1.65. The minimum atomic E-state index is -0.844. The standard InChI is InChI=1S/C14H22ClNO/c1-13(2,3)16-9-8-14(4,17)11-6-5-7-12(15)10-11/h5-7,10,16-17H,8-9H2,1-4H3. The van der Waals surface area contributed by atoms with Gasteiger partial charge in [0, 0.05) is 10.6 Å². The summed E-state index contributed by atoms with van der Waals surface area (Å²) in [7, 11) is 0. The van der Waals surface area contributed by atoms with Crippen LogP contribution in [0.15, 0.2) is 24.3 Å². The van der Waals surface area contributed by atoms with Gasteiger partial charge in [-0.3, -0.25) is 0 Å². The molecular weight excluding hydrogens is 234 g/mol. The van der Waals surface area contributed by atoms with Crippen LogP contribution in [0.1, 0.15) is 39.7 Å². The Morgan fingerprint density at radius 1 is 1.24 bits per heavy atom. The smallest absolute Gasteiger partial charge is 0.0881 e. The van der Waals surface area contributed by atoms with E-state index in [2.05, 4.69) is 26.1 Å². The predicted molar refractivity (Wildman–Crippen MR) is 73.4 cm³/mol. The summed E-state index contributed by atoms with van der Waals surface area (Å²) >= 11 is 5.93. The molecule has 0 spiro atoms. The number of hydrogen-bond acceptors (Lipinski definition) is 2. The van der Waals surface area contributed by atoms with Crippen molar-refractivity contribution >= 4 is 11.6 Å². The molecule has 1 aromatic rings. The highest BCUT2D eigenvalue weighted by Crippen LogP contribution is 2.26. The molecule has 0 fully saturated rings. The monoisotopic (exact) mass is 255 g/mol. The van der Waals surface area contributed by atoms with Crippen LogP contribution in [0.2, 0.25) is 5.02 Å². The molecule has 0 aliphatic rings. The van der Waals surface area contributed by atoms with E-state index in [-0.39, 0.29) is 5.54 Å². The molecule has 2 N–H and O–H groups in total. The van der Waals surface area contributed by atoms with Crippen molar-refractivity contribution < 1.29 is 5.11 Å². The molecule has 0 saturated carbocycles. The van der Waals surface area contributed by atoms with Gasteiger partial charge in [0.1, 0.15) is 0 Å². The molecular formula is C14H22ClNO. The van der Waals surface area contributed by atoms with Crippen LogP contribution in [0.25, 0.3) is 0 Å². The fourth-order valence-corrected chi connectivity index (χ4v) is 1.84. The number of halogens is 1. The molecule has 2 nitrogen and oxygen atoms in total. The largest absolute Gasteiger partial charge is 0.385 e. The minimum absolute atomic E-state index is 0.0738. The third kappa shape index (κ3) is 5.07. The maximum absolute atomic E-state index is 10.4. The Morgan fingerprint density at radius 2 is 1.88 bits per heavy atom. The zero-order valence-corrected chi connectivity index (χ0v) is 11.8. The zero-order valence-electron chi connectivity index (χ0n) is 11.0. The number of rotatable bonds is 4. The van der Waals surface area contributed by atoms with Gasteiger partial charge in [-0.15, -0.1) is 0 Å². The number of hydrogen-bond donors (Lipinski definition) is 2. The molecule has 0 heterocycles. The third-order valence-electron chi connectivity index (χ3n) is 2.71. The van der Waals surface area contributed by atoms with Crippen molar-refractivity contribution in [1.29, 1.82) is 0 Å². The van der Waals surface area contributed by atoms with Crippen molar-refractivity contribution in [2.45, 2.75) is 45.3 Å². The van der Waals surface area contributed by atoms with Crippen molar-refractivity contribution in [3.05, 3.63) is 34.9 Å². The normalized spacial score (nSPS) is 15.6. The van der Waals surface area contributed by atoms with Crippen LogP contribution in [-0.2, 0) is 5.60 Å². The second kappa shape index (κ2) is 5.38. The lowest BCUT2D eigenvalue weighted by atomic mass is 9.92. The van der Waals surface area contributed by atoms with Crippen LogP contribution in [0, 0.1) is 0 Å². The third-order valence-corrected chi connectivity index (χ3v) is 2.95. The molecule has 1 rings (SSSR count). The molecule has 0 saturated heterocycles. The zero-order chi connectivity index (χ0) is 13.1. The SMILES string of the molecule is CC(C)(C)NCCC(C)(O)c1cccc(Cl)c1. The van der Waals surface area contributed by atoms with Gasteiger partial charge < -0.3 is 10.4 Å². The Balaban J connectivity index is 2.62. The molecule has 3 heteroatoms. The minimum Gasteiger partial charge on any atom is -0.385 e. The number of nitrogens with one attached hydrogen (secondary N) is 1. The van der Waals surface area contributed by atoms with Crippen molar-refractivity contribution in [1.82, 2.24) is 5.32 Å². The van der Waals surface area contributed by atoms with E-state index in [1.807, 2.05) is 31.2 Å². The Hall–Kier alpha value is -0.570. The van der Waals surface area contributed by atoms with Crippen LogP contribution in [-0.4, -0.2) is 17.2 Å². The second-order valence-corrected chi connectivity index (χ2v) is 6.15. The maximum atomic E-state index is 10.4. The van der Waals surface area contributed by atoms with Gasteiger partial charge in [0.15, 0.2) is 0 Å². The highest BCUT2D eigenvalue weighted by Gasteiger charge is 2.23. The molecule has 1 unspecified atom stereocenters. The summed E-state index contributed by atoms with van der Waals surface area (Å²) in [5.74, 6) is 0. The first-order valence-corrected chi connectivity index (χ1v) is 6.32. The van der Waals surface area contributed by atoms with Crippen LogP contribution in [0.3, 0.4) is 0 Å². The van der Waals surface area contributed by atoms with Crippen molar-refractivity contribution in [2.24, 2.45) is 0 Å². The highest BCUT2D eigenvalue weighted by molar-refractivity contribution is 6.30. The van der Waals surface area contributed by atoms with E-state index in [9.17, 15) is 5.11 Å². The first-order valence-electron chi connectivity index (χ1n) is 5.94. The van der Waals surface area contributed by atoms with Crippen LogP contribution < -0.4 is 5.32 Å². The summed E-state index contributed by atoms with van der Waals surface area (Å²) in [6.45, 7) is 8.93. The van der Waals surface area contributed by atoms with Crippen molar-refractivity contribution in [3.8, 4) is 0 Å². The van der Waals surface area contributed by atoms with E-state index in [0.717, 1.165) is 12.1 Å². The summed E-state index contributed by atoms with van der Waals surface area (Å²) in [6.07, 6.45) is 0.657. The van der Waals surface area contributed by atoms with Gasteiger partial charge >= 0.3 is 0 Å². The molecule has 96 valence electrons. The molecule has 1 aromatic carbocycles. The average molecular weight is 256 g/mol. The maximum Gasteiger partial charge on any atom is 0.0881 e. The van der Waals surface area contributed by atoms with Gasteiger partial charge in [-0.25, -0.2) is 0 Å². The van der Waals surface area contributed by atoms with E-state index in [1.54, 1.807) is 0 Å². The average Bonchev–Trinajstić information content (AvgIpc) is 2.15. The van der Waals surface area contributed by atoms with Gasteiger partial charge in [0.2, 0.25) is 0 Å². The lowest BCUT2D eigenvalue weighted by Gasteiger charge is -2.27. The van der Waals surface area contributed by atoms with Gasteiger partial charge in [-0.2, -0.15) is 0 Å². The molecule has 0 aliphatic heterocycles. The topological polar surface area (TPSA) is 32.3 Å². The molecule has 0 aromatic heterocycles. The van der Waals surface area contributed by atoms with E-state index in [0.29, 0.717) is 11.4 Å². The Kier molecular flexibility index (Phi) is 4.59. The number of benzene rings is 1. The molecule has 0 radical (unpaired) electrons. The van der Waals surface area contributed by atoms with Crippen LogP contribution in [0.5, 0.6) is 0 Å². The first-order chi connectivity index (χ1) is 7.71. The van der Waals surface area contributed by atoms with Crippen molar-refractivity contribution in [2.75, 3.05) is 6.54 Å². The van der Waals surface area contributed by atoms with E-state index >= 15 is 0 Å². The first kappa shape index (κ1) is 14.5. The molecule has 17 heavy (non-hydrogen) atoms. The van der Waals surface area contributed by atoms with Gasteiger partial charge in [-0.05, 0) is 58.4 Å². The molecule has 0 aliphatic carbocycles. The van der Waals surface area contributed by atoms with Gasteiger partial charge in [0.05, 0.1) is 5.60 Å². The van der Waals surface area contributed by atoms with E-state index in [4.69, 9.17) is 11.6 Å². The Morgan fingerprint density at radius 3 is 2.41 bits per heavy atom. The lowest BCUT2D eigenvalue weighted by molar-refractivity contribution is 0.0464. The van der Waals surface area contributed by atoms with Crippen LogP contribution >= 0.6 is 11.6 Å². The molecule has 0 amide bonds. The summed E-state index contributed by atoms with van der Waals surface area (Å²) < 4.78 is 0. The molecule has 1 atom stereocenters. The fraction of sp³-hybridized carbons (Fsp3) is 0.571. The predicted octanol–water partition coefficient (Wildman–Crippen LogP) is 3.33. The number of aliphatic hydroxyl groups is 1. The summed E-state index contributed by atoms with van der Waals surface area (Å²) in [5.41, 5.74) is 0.0915. The van der Waals surface area contributed by atoms with E-state index in [1.165, 1.54) is 0 Å². The van der Waals surface area contributed by atoms with Crippen molar-refractivity contribution in [3.63, 3.8) is 0 Å². The molecule has 0 bridgehead atoms. The summed E-state index contributed by atoms with van der Waals surface area (Å²) in [6, 6.07) is 7.40. The Bertz CT molecular complexity index is 369.